The Morgan fingerprint density at radius 2 is 1.90 bits per heavy atom. The minimum atomic E-state index is -4.91. The summed E-state index contributed by atoms with van der Waals surface area (Å²) in [6.07, 6.45) is -2.78. The number of benzene rings is 1. The number of alkyl halides is 3. The van der Waals surface area contributed by atoms with Crippen LogP contribution in [-0.2, 0) is 0 Å². The van der Waals surface area contributed by atoms with Gasteiger partial charge in [0.05, 0.1) is 17.8 Å². The van der Waals surface area contributed by atoms with Crippen molar-refractivity contribution in [1.82, 2.24) is 4.98 Å². The van der Waals surface area contributed by atoms with Crippen LogP contribution in [0.1, 0.15) is 5.56 Å². The van der Waals surface area contributed by atoms with Crippen LogP contribution in [0.3, 0.4) is 0 Å². The molecule has 0 atom stereocenters. The summed E-state index contributed by atoms with van der Waals surface area (Å²) in [5, 5.41) is 8.71. The number of nitriles is 1. The number of rotatable bonds is 2. The monoisotopic (exact) mass is 282 g/mol. The minimum absolute atomic E-state index is 0.00244. The fourth-order valence-electron chi connectivity index (χ4n) is 1.60. The summed E-state index contributed by atoms with van der Waals surface area (Å²) in [4.78, 5) is 3.56. The van der Waals surface area contributed by atoms with Gasteiger partial charge >= 0.3 is 6.36 Å². The lowest BCUT2D eigenvalue weighted by atomic mass is 10.0. The van der Waals surface area contributed by atoms with Crippen molar-refractivity contribution in [2.45, 2.75) is 6.36 Å². The fraction of sp³-hybridized carbons (Fsp3) is 0.0769. The molecule has 20 heavy (non-hydrogen) atoms. The van der Waals surface area contributed by atoms with Gasteiger partial charge in [0, 0.05) is 17.3 Å². The minimum Gasteiger partial charge on any atom is -0.405 e. The van der Waals surface area contributed by atoms with Crippen LogP contribution in [0.4, 0.5) is 17.6 Å². The number of hydrogen-bond acceptors (Lipinski definition) is 3. The van der Waals surface area contributed by atoms with Gasteiger partial charge in [-0.05, 0) is 24.3 Å². The Bertz CT molecular complexity index is 677. The van der Waals surface area contributed by atoms with E-state index < -0.39 is 17.9 Å². The Morgan fingerprint density at radius 1 is 1.15 bits per heavy atom. The van der Waals surface area contributed by atoms with E-state index in [9.17, 15) is 17.6 Å². The van der Waals surface area contributed by atoms with Crippen molar-refractivity contribution in [3.63, 3.8) is 0 Å². The van der Waals surface area contributed by atoms with Gasteiger partial charge in [-0.1, -0.05) is 0 Å². The molecule has 7 heteroatoms. The third kappa shape index (κ3) is 3.23. The summed E-state index contributed by atoms with van der Waals surface area (Å²) in [5.74, 6) is -1.27. The van der Waals surface area contributed by atoms with Crippen LogP contribution in [0.25, 0.3) is 11.1 Å². The third-order valence-electron chi connectivity index (χ3n) is 2.35. The second kappa shape index (κ2) is 5.17. The zero-order valence-corrected chi connectivity index (χ0v) is 9.78. The van der Waals surface area contributed by atoms with Gasteiger partial charge < -0.3 is 4.74 Å². The molecule has 0 aliphatic carbocycles. The van der Waals surface area contributed by atoms with Crippen molar-refractivity contribution in [3.05, 3.63) is 48.0 Å². The molecule has 1 heterocycles. The molecule has 0 aliphatic rings. The molecule has 0 unspecified atom stereocenters. The van der Waals surface area contributed by atoms with Crippen molar-refractivity contribution in [2.24, 2.45) is 0 Å². The highest BCUT2D eigenvalue weighted by molar-refractivity contribution is 5.71. The highest BCUT2D eigenvalue weighted by Crippen LogP contribution is 2.34. The van der Waals surface area contributed by atoms with E-state index >= 15 is 0 Å². The first-order valence-corrected chi connectivity index (χ1v) is 5.30. The van der Waals surface area contributed by atoms with Crippen molar-refractivity contribution < 1.29 is 22.3 Å². The molecule has 0 spiro atoms. The smallest absolute Gasteiger partial charge is 0.405 e. The highest BCUT2D eigenvalue weighted by Gasteiger charge is 2.32. The van der Waals surface area contributed by atoms with Crippen molar-refractivity contribution in [2.75, 3.05) is 0 Å². The number of pyridine rings is 1. The van der Waals surface area contributed by atoms with Gasteiger partial charge in [0.15, 0.2) is 0 Å². The predicted molar refractivity (Wildman–Crippen MR) is 61.0 cm³/mol. The second-order valence-corrected chi connectivity index (χ2v) is 3.76. The first-order valence-electron chi connectivity index (χ1n) is 5.30. The average Bonchev–Trinajstić information content (AvgIpc) is 2.36. The van der Waals surface area contributed by atoms with E-state index in [1.165, 1.54) is 18.3 Å². The summed E-state index contributed by atoms with van der Waals surface area (Å²) in [5.41, 5.74) is 0.111. The average molecular weight is 282 g/mol. The molecule has 0 radical (unpaired) electrons. The summed E-state index contributed by atoms with van der Waals surface area (Å²) in [6, 6.07) is 6.22. The SMILES string of the molecule is N#Cc1ccc(-c2cncc(F)c2)c(OC(F)(F)F)c1. The van der Waals surface area contributed by atoms with Gasteiger partial charge in [-0.2, -0.15) is 5.26 Å². The summed E-state index contributed by atoms with van der Waals surface area (Å²) < 4.78 is 54.0. The summed E-state index contributed by atoms with van der Waals surface area (Å²) in [7, 11) is 0. The van der Waals surface area contributed by atoms with Crippen LogP contribution in [0, 0.1) is 17.1 Å². The quantitative estimate of drug-likeness (QED) is 0.790. The molecule has 3 nitrogen and oxygen atoms in total. The van der Waals surface area contributed by atoms with Gasteiger partial charge in [0.2, 0.25) is 0 Å². The van der Waals surface area contributed by atoms with Crippen LogP contribution in [0.15, 0.2) is 36.7 Å². The maximum Gasteiger partial charge on any atom is 0.573 e. The van der Waals surface area contributed by atoms with Crippen LogP contribution >= 0.6 is 0 Å². The third-order valence-corrected chi connectivity index (χ3v) is 2.35. The molecule has 0 saturated heterocycles. The molecule has 0 fully saturated rings. The molecule has 0 aliphatic heterocycles. The van der Waals surface area contributed by atoms with Crippen molar-refractivity contribution >= 4 is 0 Å². The van der Waals surface area contributed by atoms with Crippen LogP contribution in [0.5, 0.6) is 5.75 Å². The molecule has 0 amide bonds. The van der Waals surface area contributed by atoms with E-state index in [1.54, 1.807) is 6.07 Å². The highest BCUT2D eigenvalue weighted by atomic mass is 19.4. The van der Waals surface area contributed by atoms with E-state index in [0.717, 1.165) is 18.3 Å². The molecular weight excluding hydrogens is 276 g/mol. The summed E-state index contributed by atoms with van der Waals surface area (Å²) in [6.45, 7) is 0. The van der Waals surface area contributed by atoms with E-state index in [0.29, 0.717) is 0 Å². The van der Waals surface area contributed by atoms with Crippen LogP contribution < -0.4 is 4.74 Å². The van der Waals surface area contributed by atoms with Gasteiger partial charge in [0.1, 0.15) is 11.6 Å². The number of ether oxygens (including phenoxy) is 1. The molecule has 0 saturated carbocycles. The predicted octanol–water partition coefficient (Wildman–Crippen LogP) is 3.66. The van der Waals surface area contributed by atoms with Gasteiger partial charge in [-0.3, -0.25) is 4.98 Å². The van der Waals surface area contributed by atoms with Gasteiger partial charge in [0.25, 0.3) is 0 Å². The fourth-order valence-corrected chi connectivity index (χ4v) is 1.60. The molecule has 0 N–H and O–H groups in total. The molecule has 1 aromatic carbocycles. The zero-order chi connectivity index (χ0) is 14.8. The Morgan fingerprint density at radius 3 is 2.50 bits per heavy atom. The maximum atomic E-state index is 13.1. The summed E-state index contributed by atoms with van der Waals surface area (Å²) >= 11 is 0. The first kappa shape index (κ1) is 13.8. The Hall–Kier alpha value is -2.62. The second-order valence-electron chi connectivity index (χ2n) is 3.76. The zero-order valence-electron chi connectivity index (χ0n) is 9.78. The Kier molecular flexibility index (Phi) is 3.57. The number of hydrogen-bond donors (Lipinski definition) is 0. The van der Waals surface area contributed by atoms with Gasteiger partial charge in [-0.25, -0.2) is 4.39 Å². The van der Waals surface area contributed by atoms with Crippen molar-refractivity contribution in [3.8, 4) is 22.9 Å². The normalized spacial score (nSPS) is 10.9. The van der Waals surface area contributed by atoms with Gasteiger partial charge in [-0.15, -0.1) is 13.2 Å². The molecule has 1 aromatic heterocycles. The lowest BCUT2D eigenvalue weighted by Crippen LogP contribution is -2.17. The Labute approximate surface area is 111 Å². The molecule has 2 aromatic rings. The van der Waals surface area contributed by atoms with Crippen LogP contribution in [-0.4, -0.2) is 11.3 Å². The topological polar surface area (TPSA) is 45.9 Å². The number of aromatic nitrogens is 1. The standard InChI is InChI=1S/C13H6F4N2O/c14-10-4-9(6-19-7-10)11-2-1-8(5-18)3-12(11)20-13(15,16)17/h1-4,6-7H. The Balaban J connectivity index is 2.55. The van der Waals surface area contributed by atoms with E-state index in [4.69, 9.17) is 5.26 Å². The lowest BCUT2D eigenvalue weighted by molar-refractivity contribution is -0.274. The largest absolute Gasteiger partial charge is 0.573 e. The van der Waals surface area contributed by atoms with E-state index in [2.05, 4.69) is 9.72 Å². The maximum absolute atomic E-state index is 13.1. The molecular formula is C13H6F4N2O. The van der Waals surface area contributed by atoms with E-state index in [-0.39, 0.29) is 16.7 Å². The molecule has 102 valence electrons. The number of halogens is 4. The van der Waals surface area contributed by atoms with Crippen molar-refractivity contribution in [1.29, 1.82) is 5.26 Å². The molecule has 0 bridgehead atoms. The van der Waals surface area contributed by atoms with E-state index in [1.807, 2.05) is 0 Å². The number of nitrogens with zero attached hydrogens (tertiary/aromatic N) is 2. The lowest BCUT2D eigenvalue weighted by Gasteiger charge is -2.13. The molecule has 2 rings (SSSR count). The first-order chi connectivity index (χ1) is 9.39. The van der Waals surface area contributed by atoms with Crippen LogP contribution in [0.2, 0.25) is 0 Å².